The molecule has 0 saturated heterocycles. The summed E-state index contributed by atoms with van der Waals surface area (Å²) in [4.78, 5) is 20.9. The van der Waals surface area contributed by atoms with E-state index < -0.39 is 0 Å². The van der Waals surface area contributed by atoms with Crippen LogP contribution in [0.5, 0.6) is 0 Å². The SMILES string of the molecule is c1ccc(-n2c3ccccc3c3cc(-c4ccc(-c5ccc6c(c5)c5ccccc5n6-c5ccccc5)c5nc6c7cccnc7c7ncccc7c6nc45)ccc32)cc1. The van der Waals surface area contributed by atoms with Crippen molar-refractivity contribution in [3.8, 4) is 33.6 Å². The van der Waals surface area contributed by atoms with Crippen LogP contribution in [0.2, 0.25) is 0 Å². The van der Waals surface area contributed by atoms with E-state index in [4.69, 9.17) is 19.9 Å². The Kier molecular flexibility index (Phi) is 6.91. The highest BCUT2D eigenvalue weighted by Crippen LogP contribution is 2.42. The number of hydrogen-bond acceptors (Lipinski definition) is 4. The number of pyridine rings is 2. The molecule has 60 heavy (non-hydrogen) atoms. The van der Waals surface area contributed by atoms with Crippen LogP contribution in [-0.2, 0) is 0 Å². The summed E-state index contributed by atoms with van der Waals surface area (Å²) in [6, 6.07) is 64.7. The second kappa shape index (κ2) is 12.6. The smallest absolute Gasteiger partial charge is 0.0996 e. The molecule has 0 aliphatic rings. The summed E-state index contributed by atoms with van der Waals surface area (Å²) in [7, 11) is 0. The third-order valence-corrected chi connectivity index (χ3v) is 12.2. The van der Waals surface area contributed by atoms with Gasteiger partial charge in [0.15, 0.2) is 0 Å². The van der Waals surface area contributed by atoms with E-state index in [-0.39, 0.29) is 0 Å². The van der Waals surface area contributed by atoms with Crippen molar-refractivity contribution >= 4 is 87.5 Å². The van der Waals surface area contributed by atoms with Gasteiger partial charge in [-0.15, -0.1) is 0 Å². The molecule has 0 bridgehead atoms. The molecule has 278 valence electrons. The third-order valence-electron chi connectivity index (χ3n) is 12.2. The molecule has 0 spiro atoms. The summed E-state index contributed by atoms with van der Waals surface area (Å²) in [6.45, 7) is 0. The molecule has 0 saturated carbocycles. The highest BCUT2D eigenvalue weighted by atomic mass is 15.0. The molecule has 13 rings (SSSR count). The molecular formula is C54H32N6. The van der Waals surface area contributed by atoms with Gasteiger partial charge in [0.1, 0.15) is 0 Å². The molecule has 8 aromatic carbocycles. The zero-order valence-electron chi connectivity index (χ0n) is 32.2. The maximum absolute atomic E-state index is 5.63. The van der Waals surface area contributed by atoms with Crippen molar-refractivity contribution in [2.45, 2.75) is 0 Å². The minimum Gasteiger partial charge on any atom is -0.309 e. The van der Waals surface area contributed by atoms with Gasteiger partial charge in [0.05, 0.1) is 55.2 Å². The van der Waals surface area contributed by atoms with E-state index in [9.17, 15) is 0 Å². The Bertz CT molecular complexity index is 3630. The summed E-state index contributed by atoms with van der Waals surface area (Å²) in [5, 5.41) is 6.64. The van der Waals surface area contributed by atoms with E-state index in [2.05, 4.69) is 179 Å². The Morgan fingerprint density at radius 2 is 0.683 bits per heavy atom. The summed E-state index contributed by atoms with van der Waals surface area (Å²) in [6.07, 6.45) is 3.65. The van der Waals surface area contributed by atoms with Gasteiger partial charge in [-0.2, -0.15) is 0 Å². The van der Waals surface area contributed by atoms with Crippen LogP contribution in [0.4, 0.5) is 0 Å². The lowest BCUT2D eigenvalue weighted by molar-refractivity contribution is 1.18. The lowest BCUT2D eigenvalue weighted by Gasteiger charge is -2.15. The highest BCUT2D eigenvalue weighted by Gasteiger charge is 2.21. The molecule has 6 heteroatoms. The van der Waals surface area contributed by atoms with Gasteiger partial charge in [0.25, 0.3) is 0 Å². The van der Waals surface area contributed by atoms with E-state index in [1.165, 1.54) is 32.6 Å². The van der Waals surface area contributed by atoms with Gasteiger partial charge in [-0.3, -0.25) is 9.97 Å². The summed E-state index contributed by atoms with van der Waals surface area (Å²) in [5.74, 6) is 0. The van der Waals surface area contributed by atoms with E-state index in [1.54, 1.807) is 0 Å². The fourth-order valence-corrected chi connectivity index (χ4v) is 9.54. The predicted molar refractivity (Wildman–Crippen MR) is 247 cm³/mol. The first-order valence-corrected chi connectivity index (χ1v) is 20.2. The van der Waals surface area contributed by atoms with Gasteiger partial charge in [0, 0.05) is 67.2 Å². The number of nitrogens with zero attached hydrogens (tertiary/aromatic N) is 6. The number of para-hydroxylation sites is 4. The van der Waals surface area contributed by atoms with Crippen molar-refractivity contribution in [1.29, 1.82) is 0 Å². The zero-order chi connectivity index (χ0) is 39.3. The average Bonchev–Trinajstić information content (AvgIpc) is 3.83. The van der Waals surface area contributed by atoms with Crippen LogP contribution in [0.3, 0.4) is 0 Å². The predicted octanol–water partition coefficient (Wildman–Crippen LogP) is 13.4. The number of fused-ring (bicyclic) bond motifs is 13. The first-order valence-electron chi connectivity index (χ1n) is 20.2. The molecule has 13 aromatic rings. The Morgan fingerprint density at radius 1 is 0.283 bits per heavy atom. The highest BCUT2D eigenvalue weighted by molar-refractivity contribution is 6.22. The molecule has 0 N–H and O–H groups in total. The van der Waals surface area contributed by atoms with Crippen molar-refractivity contribution in [3.05, 3.63) is 194 Å². The van der Waals surface area contributed by atoms with Crippen molar-refractivity contribution in [1.82, 2.24) is 29.1 Å². The first-order chi connectivity index (χ1) is 29.8. The zero-order valence-corrected chi connectivity index (χ0v) is 32.2. The van der Waals surface area contributed by atoms with Gasteiger partial charge >= 0.3 is 0 Å². The van der Waals surface area contributed by atoms with Crippen LogP contribution in [0.15, 0.2) is 194 Å². The minimum atomic E-state index is 0.813. The molecule has 0 aliphatic carbocycles. The minimum absolute atomic E-state index is 0.813. The summed E-state index contributed by atoms with van der Waals surface area (Å²) >= 11 is 0. The molecule has 5 heterocycles. The number of hydrogen-bond donors (Lipinski definition) is 0. The van der Waals surface area contributed by atoms with Crippen molar-refractivity contribution in [3.63, 3.8) is 0 Å². The Balaban J connectivity index is 1.11. The second-order valence-corrected chi connectivity index (χ2v) is 15.4. The molecule has 6 nitrogen and oxygen atoms in total. The van der Waals surface area contributed by atoms with Crippen LogP contribution in [0, 0.1) is 0 Å². The second-order valence-electron chi connectivity index (χ2n) is 15.4. The van der Waals surface area contributed by atoms with Crippen LogP contribution in [0.25, 0.3) is 121 Å². The largest absolute Gasteiger partial charge is 0.309 e. The average molecular weight is 765 g/mol. The Morgan fingerprint density at radius 3 is 1.15 bits per heavy atom. The fourth-order valence-electron chi connectivity index (χ4n) is 9.54. The third kappa shape index (κ3) is 4.70. The molecule has 0 aliphatic heterocycles. The molecule has 5 aromatic heterocycles. The van der Waals surface area contributed by atoms with Gasteiger partial charge in [-0.05, 0) is 96.1 Å². The van der Waals surface area contributed by atoms with Gasteiger partial charge < -0.3 is 9.13 Å². The van der Waals surface area contributed by atoms with Gasteiger partial charge in [-0.25, -0.2) is 9.97 Å². The molecule has 0 unspecified atom stereocenters. The standard InChI is InChI=1S/C54H32N6/c1-3-13-35(14-4-1)59-45-21-9-7-17-39(45)43-31-33(23-27-47(43)59)37-25-26-38(34-24-28-48-44(32-34)40-18-8-10-22-46(40)60(48)36-15-5-2-6-16-36)52-51(37)57-53-41-19-11-29-55-49(41)50-42(54(53)58-52)20-12-30-56-50/h1-32H. The summed E-state index contributed by atoms with van der Waals surface area (Å²) < 4.78 is 4.71. The molecular weight excluding hydrogens is 733 g/mol. The van der Waals surface area contributed by atoms with Crippen molar-refractivity contribution in [2.75, 3.05) is 0 Å². The van der Waals surface area contributed by atoms with Gasteiger partial charge in [-0.1, -0.05) is 97.1 Å². The van der Waals surface area contributed by atoms with Crippen molar-refractivity contribution in [2.24, 2.45) is 0 Å². The topological polar surface area (TPSA) is 61.4 Å². The van der Waals surface area contributed by atoms with E-state index in [1.807, 2.05) is 24.5 Å². The van der Waals surface area contributed by atoms with Crippen LogP contribution in [-0.4, -0.2) is 29.1 Å². The quantitative estimate of drug-likeness (QED) is 0.132. The molecule has 0 radical (unpaired) electrons. The summed E-state index contributed by atoms with van der Waals surface area (Å²) in [5.41, 5.74) is 16.1. The molecule has 0 atom stereocenters. The normalized spacial score (nSPS) is 12.0. The number of aromatic nitrogens is 6. The lowest BCUT2D eigenvalue weighted by Crippen LogP contribution is -1.97. The van der Waals surface area contributed by atoms with Crippen LogP contribution < -0.4 is 0 Å². The van der Waals surface area contributed by atoms with E-state index >= 15 is 0 Å². The fraction of sp³-hybridized carbons (Fsp3) is 0. The Labute approximate surface area is 343 Å². The maximum atomic E-state index is 5.63. The van der Waals surface area contributed by atoms with Crippen LogP contribution in [0.1, 0.15) is 0 Å². The van der Waals surface area contributed by atoms with Gasteiger partial charge in [0.2, 0.25) is 0 Å². The lowest BCUT2D eigenvalue weighted by atomic mass is 9.95. The van der Waals surface area contributed by atoms with E-state index in [0.29, 0.717) is 0 Å². The maximum Gasteiger partial charge on any atom is 0.0996 e. The number of rotatable bonds is 4. The first kappa shape index (κ1) is 32.8. The Hall–Kier alpha value is -8.22. The molecule has 0 amide bonds. The monoisotopic (exact) mass is 764 g/mol. The molecule has 0 fully saturated rings. The number of benzene rings is 8. The van der Waals surface area contributed by atoms with Crippen molar-refractivity contribution < 1.29 is 0 Å². The van der Waals surface area contributed by atoms with E-state index in [0.717, 1.165) is 88.5 Å². The van der Waals surface area contributed by atoms with Crippen LogP contribution >= 0.6 is 0 Å².